The number of benzene rings is 1. The van der Waals surface area contributed by atoms with Crippen molar-refractivity contribution >= 4 is 5.91 Å². The second-order valence-electron chi connectivity index (χ2n) is 6.98. The first-order chi connectivity index (χ1) is 13.0. The van der Waals surface area contributed by atoms with E-state index in [2.05, 4.69) is 9.97 Å². The normalized spacial score (nSPS) is 19.6. The molecule has 1 saturated carbocycles. The molecule has 3 rings (SSSR count). The van der Waals surface area contributed by atoms with Crippen LogP contribution in [0.1, 0.15) is 49.4 Å². The van der Waals surface area contributed by atoms with Gasteiger partial charge in [-0.1, -0.05) is 31.9 Å². The van der Waals surface area contributed by atoms with Gasteiger partial charge in [0.2, 0.25) is 0 Å². The second kappa shape index (κ2) is 8.35. The zero-order valence-electron chi connectivity index (χ0n) is 15.4. The number of hydrogen-bond acceptors (Lipinski definition) is 4. The number of aromatic nitrogens is 2. The molecule has 1 amide bonds. The Labute approximate surface area is 157 Å². The van der Waals surface area contributed by atoms with Gasteiger partial charge in [0.15, 0.2) is 0 Å². The van der Waals surface area contributed by atoms with Gasteiger partial charge in [0.25, 0.3) is 11.5 Å². The lowest BCUT2D eigenvalue weighted by Gasteiger charge is -2.37. The number of aromatic amines is 2. The van der Waals surface area contributed by atoms with Gasteiger partial charge in [0, 0.05) is 18.3 Å². The minimum atomic E-state index is -0.573. The first-order valence-corrected chi connectivity index (χ1v) is 9.42. The van der Waals surface area contributed by atoms with E-state index >= 15 is 0 Å². The third kappa shape index (κ3) is 4.19. The van der Waals surface area contributed by atoms with E-state index in [1.54, 1.807) is 29.2 Å². The van der Waals surface area contributed by atoms with E-state index in [0.717, 1.165) is 25.7 Å². The maximum absolute atomic E-state index is 13.2. The number of amides is 1. The van der Waals surface area contributed by atoms with Crippen molar-refractivity contribution in [3.8, 4) is 11.1 Å². The molecule has 1 heterocycles. The van der Waals surface area contributed by atoms with Crippen LogP contribution in [-0.4, -0.2) is 44.6 Å². The van der Waals surface area contributed by atoms with Crippen molar-refractivity contribution in [1.29, 1.82) is 0 Å². The van der Waals surface area contributed by atoms with Crippen molar-refractivity contribution in [2.45, 2.75) is 51.2 Å². The van der Waals surface area contributed by atoms with Gasteiger partial charge in [-0.2, -0.15) is 0 Å². The first-order valence-electron chi connectivity index (χ1n) is 9.42. The molecular formula is C20H25N3O4. The molecule has 2 aromatic rings. The number of aliphatic hydroxyl groups excluding tert-OH is 1. The van der Waals surface area contributed by atoms with Crippen LogP contribution in [0.2, 0.25) is 0 Å². The molecule has 7 heteroatoms. The summed E-state index contributed by atoms with van der Waals surface area (Å²) < 4.78 is 0. The topological polar surface area (TPSA) is 106 Å². The molecule has 1 aromatic heterocycles. The summed E-state index contributed by atoms with van der Waals surface area (Å²) in [5, 5.41) is 10.4. The Morgan fingerprint density at radius 2 is 2.04 bits per heavy atom. The Morgan fingerprint density at radius 3 is 2.74 bits per heavy atom. The molecule has 2 atom stereocenters. The summed E-state index contributed by atoms with van der Waals surface area (Å²) in [6.45, 7) is 2.58. The summed E-state index contributed by atoms with van der Waals surface area (Å²) in [6, 6.07) is 6.63. The molecule has 0 radical (unpaired) electrons. The van der Waals surface area contributed by atoms with Gasteiger partial charge in [-0.15, -0.1) is 0 Å². The van der Waals surface area contributed by atoms with Crippen LogP contribution in [0.5, 0.6) is 0 Å². The first kappa shape index (κ1) is 19.1. The highest BCUT2D eigenvalue weighted by Crippen LogP contribution is 2.26. The number of nitrogens with one attached hydrogen (secondary N) is 2. The summed E-state index contributed by atoms with van der Waals surface area (Å²) in [5.41, 5.74) is 0.236. The van der Waals surface area contributed by atoms with E-state index in [1.807, 2.05) is 6.92 Å². The van der Waals surface area contributed by atoms with Gasteiger partial charge in [0.1, 0.15) is 0 Å². The third-order valence-corrected chi connectivity index (χ3v) is 5.06. The lowest BCUT2D eigenvalue weighted by Crippen LogP contribution is -2.48. The number of nitrogens with zero attached hydrogens (tertiary/aromatic N) is 1. The van der Waals surface area contributed by atoms with E-state index in [1.165, 1.54) is 6.20 Å². The van der Waals surface area contributed by atoms with Gasteiger partial charge < -0.3 is 15.0 Å². The molecule has 0 aliphatic heterocycles. The van der Waals surface area contributed by atoms with Gasteiger partial charge in [0.05, 0.1) is 17.7 Å². The van der Waals surface area contributed by atoms with E-state index in [9.17, 15) is 19.5 Å². The lowest BCUT2D eigenvalue weighted by atomic mass is 9.90. The zero-order valence-corrected chi connectivity index (χ0v) is 15.4. The molecule has 0 saturated heterocycles. The minimum Gasteiger partial charge on any atom is -0.391 e. The van der Waals surface area contributed by atoms with Crippen molar-refractivity contribution in [2.75, 3.05) is 6.54 Å². The van der Waals surface area contributed by atoms with Gasteiger partial charge in [-0.3, -0.25) is 14.6 Å². The Morgan fingerprint density at radius 1 is 1.26 bits per heavy atom. The maximum Gasteiger partial charge on any atom is 0.325 e. The highest BCUT2D eigenvalue weighted by atomic mass is 16.3. The molecule has 3 N–H and O–H groups in total. The Hall–Kier alpha value is -2.67. The summed E-state index contributed by atoms with van der Waals surface area (Å²) >= 11 is 0. The minimum absolute atomic E-state index is 0.148. The largest absolute Gasteiger partial charge is 0.391 e. The standard InChI is InChI=1S/C20H25N3O4/c1-2-10-23(16-8-3-4-9-17(16)24)19(26)14-7-5-6-13(11-14)15-12-21-20(27)22-18(15)25/h5-7,11-12,16-17,24H,2-4,8-10H2,1H3,(H2,21,22,25,27)/t16-,17-/m1/s1. The van der Waals surface area contributed by atoms with Crippen LogP contribution in [0.25, 0.3) is 11.1 Å². The Kier molecular flexibility index (Phi) is 5.91. The molecule has 0 bridgehead atoms. The van der Waals surface area contributed by atoms with Crippen LogP contribution in [0, 0.1) is 0 Å². The predicted octanol–water partition coefficient (Wildman–Crippen LogP) is 1.89. The van der Waals surface area contributed by atoms with E-state index in [4.69, 9.17) is 0 Å². The lowest BCUT2D eigenvalue weighted by molar-refractivity contribution is 0.0178. The van der Waals surface area contributed by atoms with E-state index in [-0.39, 0.29) is 11.9 Å². The second-order valence-corrected chi connectivity index (χ2v) is 6.98. The zero-order chi connectivity index (χ0) is 19.4. The van der Waals surface area contributed by atoms with E-state index < -0.39 is 17.4 Å². The average Bonchev–Trinajstić information content (AvgIpc) is 2.66. The van der Waals surface area contributed by atoms with Gasteiger partial charge >= 0.3 is 5.69 Å². The van der Waals surface area contributed by atoms with Crippen molar-refractivity contribution in [3.63, 3.8) is 0 Å². The van der Waals surface area contributed by atoms with Gasteiger partial charge in [-0.05, 0) is 37.0 Å². The fourth-order valence-corrected chi connectivity index (χ4v) is 3.72. The fraction of sp³-hybridized carbons (Fsp3) is 0.450. The summed E-state index contributed by atoms with van der Waals surface area (Å²) in [7, 11) is 0. The van der Waals surface area contributed by atoms with Gasteiger partial charge in [-0.25, -0.2) is 4.79 Å². The van der Waals surface area contributed by atoms with Crippen LogP contribution in [0.4, 0.5) is 0 Å². The molecule has 1 fully saturated rings. The molecule has 1 aromatic carbocycles. The Bertz CT molecular complexity index is 918. The summed E-state index contributed by atoms with van der Waals surface area (Å²) in [4.78, 5) is 42.8. The SMILES string of the molecule is CCCN(C(=O)c1cccc(-c2c[nH]c(=O)[nH]c2=O)c1)[C@@H]1CCCC[C@H]1O. The highest BCUT2D eigenvalue weighted by Gasteiger charge is 2.31. The quantitative estimate of drug-likeness (QED) is 0.746. The monoisotopic (exact) mass is 371 g/mol. The molecule has 7 nitrogen and oxygen atoms in total. The van der Waals surface area contributed by atoms with Crippen LogP contribution in [0.3, 0.4) is 0 Å². The molecular weight excluding hydrogens is 346 g/mol. The van der Waals surface area contributed by atoms with Crippen molar-refractivity contribution in [3.05, 3.63) is 56.9 Å². The number of rotatable bonds is 5. The van der Waals surface area contributed by atoms with Crippen LogP contribution in [0.15, 0.2) is 40.1 Å². The highest BCUT2D eigenvalue weighted by molar-refractivity contribution is 5.95. The number of aliphatic hydroxyl groups is 1. The molecule has 144 valence electrons. The molecule has 27 heavy (non-hydrogen) atoms. The molecule has 1 aliphatic rings. The van der Waals surface area contributed by atoms with Crippen LogP contribution in [-0.2, 0) is 0 Å². The number of carbonyl (C=O) groups is 1. The molecule has 0 spiro atoms. The maximum atomic E-state index is 13.2. The van der Waals surface area contributed by atoms with E-state index in [0.29, 0.717) is 29.7 Å². The smallest absolute Gasteiger partial charge is 0.325 e. The Balaban J connectivity index is 1.93. The number of H-pyrrole nitrogens is 2. The van der Waals surface area contributed by atoms with Crippen LogP contribution >= 0.6 is 0 Å². The number of hydrogen-bond donors (Lipinski definition) is 3. The van der Waals surface area contributed by atoms with Crippen molar-refractivity contribution in [2.24, 2.45) is 0 Å². The fourth-order valence-electron chi connectivity index (χ4n) is 3.72. The van der Waals surface area contributed by atoms with Crippen LogP contribution < -0.4 is 11.2 Å². The summed E-state index contributed by atoms with van der Waals surface area (Å²) in [5.74, 6) is -0.148. The van der Waals surface area contributed by atoms with Crippen molar-refractivity contribution < 1.29 is 9.90 Å². The third-order valence-electron chi connectivity index (χ3n) is 5.06. The number of carbonyl (C=O) groups excluding carboxylic acids is 1. The molecule has 0 unspecified atom stereocenters. The summed E-state index contributed by atoms with van der Waals surface area (Å²) in [6.07, 6.45) is 5.14. The van der Waals surface area contributed by atoms with Crippen molar-refractivity contribution in [1.82, 2.24) is 14.9 Å². The molecule has 1 aliphatic carbocycles. The predicted molar refractivity (Wildman–Crippen MR) is 103 cm³/mol. The average molecular weight is 371 g/mol.